The van der Waals surface area contributed by atoms with Crippen molar-refractivity contribution in [1.29, 1.82) is 0 Å². The molecule has 1 N–H and O–H groups in total. The Bertz CT molecular complexity index is 1150. The van der Waals surface area contributed by atoms with Crippen LogP contribution in [-0.2, 0) is 11.2 Å². The van der Waals surface area contributed by atoms with Crippen LogP contribution in [0, 0.1) is 5.82 Å². The van der Waals surface area contributed by atoms with E-state index in [2.05, 4.69) is 10.3 Å². The molecule has 2 heterocycles. The fourth-order valence-corrected chi connectivity index (χ4v) is 3.84. The predicted molar refractivity (Wildman–Crippen MR) is 110 cm³/mol. The van der Waals surface area contributed by atoms with E-state index in [1.807, 2.05) is 16.0 Å². The molecular weight excluding hydrogens is 393 g/mol. The van der Waals surface area contributed by atoms with Gasteiger partial charge >= 0.3 is 0 Å². The monoisotopic (exact) mass is 411 g/mol. The van der Waals surface area contributed by atoms with Crippen LogP contribution in [0.1, 0.15) is 5.69 Å². The van der Waals surface area contributed by atoms with Crippen molar-refractivity contribution in [2.24, 2.45) is 0 Å². The molecule has 0 spiro atoms. The van der Waals surface area contributed by atoms with Crippen molar-refractivity contribution >= 4 is 27.9 Å². The predicted octanol–water partition coefficient (Wildman–Crippen LogP) is 4.40. The van der Waals surface area contributed by atoms with Gasteiger partial charge in [0.05, 0.1) is 26.3 Å². The average molecular weight is 411 g/mol. The second-order valence-electron chi connectivity index (χ2n) is 6.34. The van der Waals surface area contributed by atoms with Crippen LogP contribution in [0.2, 0.25) is 0 Å². The van der Waals surface area contributed by atoms with Crippen molar-refractivity contribution < 1.29 is 18.7 Å². The number of imidazole rings is 1. The van der Waals surface area contributed by atoms with Gasteiger partial charge in [-0.2, -0.15) is 0 Å². The molecule has 0 saturated heterocycles. The number of anilines is 1. The number of methoxy groups -OCH3 is 2. The summed E-state index contributed by atoms with van der Waals surface area (Å²) in [5.74, 6) is 0.727. The van der Waals surface area contributed by atoms with Crippen LogP contribution in [0.15, 0.2) is 54.0 Å². The zero-order chi connectivity index (χ0) is 20.4. The number of carbonyl (C=O) groups is 1. The second-order valence-corrected chi connectivity index (χ2v) is 7.18. The van der Waals surface area contributed by atoms with Crippen molar-refractivity contribution in [2.75, 3.05) is 19.5 Å². The molecule has 2 aromatic carbocycles. The van der Waals surface area contributed by atoms with Crippen molar-refractivity contribution in [3.8, 4) is 22.8 Å². The van der Waals surface area contributed by atoms with Crippen LogP contribution in [-0.4, -0.2) is 29.5 Å². The molecule has 1 amide bonds. The second kappa shape index (κ2) is 7.92. The maximum atomic E-state index is 13.1. The summed E-state index contributed by atoms with van der Waals surface area (Å²) in [6.45, 7) is 0. The van der Waals surface area contributed by atoms with Crippen molar-refractivity contribution in [3.63, 3.8) is 0 Å². The van der Waals surface area contributed by atoms with E-state index < -0.39 is 0 Å². The van der Waals surface area contributed by atoms with Crippen molar-refractivity contribution in [1.82, 2.24) is 9.38 Å². The number of rotatable bonds is 6. The van der Waals surface area contributed by atoms with E-state index in [1.54, 1.807) is 44.6 Å². The Kier molecular flexibility index (Phi) is 5.18. The fourth-order valence-electron chi connectivity index (χ4n) is 2.97. The highest BCUT2D eigenvalue weighted by Crippen LogP contribution is 2.27. The van der Waals surface area contributed by atoms with Gasteiger partial charge in [0.15, 0.2) is 4.96 Å². The molecule has 6 nitrogen and oxygen atoms in total. The third-order valence-corrected chi connectivity index (χ3v) is 5.29. The zero-order valence-electron chi connectivity index (χ0n) is 15.8. The van der Waals surface area contributed by atoms with Gasteiger partial charge in [-0.3, -0.25) is 9.20 Å². The summed E-state index contributed by atoms with van der Waals surface area (Å²) in [5, 5.41) is 4.77. The minimum atomic E-state index is -0.290. The molecule has 4 rings (SSSR count). The SMILES string of the molecule is COc1cc(NC(=O)Cc2csc3nc(-c4ccc(F)cc4)cn23)cc(OC)c1. The van der Waals surface area contributed by atoms with Crippen LogP contribution in [0.5, 0.6) is 11.5 Å². The molecule has 2 aromatic heterocycles. The molecule has 0 atom stereocenters. The van der Waals surface area contributed by atoms with Gasteiger partial charge in [-0.05, 0) is 24.3 Å². The fraction of sp³-hybridized carbons (Fsp3) is 0.143. The largest absolute Gasteiger partial charge is 0.497 e. The maximum Gasteiger partial charge on any atom is 0.230 e. The first-order valence-corrected chi connectivity index (χ1v) is 9.68. The summed E-state index contributed by atoms with van der Waals surface area (Å²) >= 11 is 1.45. The molecule has 0 aliphatic carbocycles. The lowest BCUT2D eigenvalue weighted by molar-refractivity contribution is -0.115. The van der Waals surface area contributed by atoms with Gasteiger partial charge in [0.1, 0.15) is 17.3 Å². The summed E-state index contributed by atoms with van der Waals surface area (Å²) in [5.41, 5.74) is 2.96. The number of hydrogen-bond donors (Lipinski definition) is 1. The molecule has 0 radical (unpaired) electrons. The Morgan fingerprint density at radius 3 is 2.48 bits per heavy atom. The summed E-state index contributed by atoms with van der Waals surface area (Å²) in [4.78, 5) is 17.9. The summed E-state index contributed by atoms with van der Waals surface area (Å²) in [6, 6.07) is 11.4. The van der Waals surface area contributed by atoms with E-state index in [9.17, 15) is 9.18 Å². The normalized spacial score (nSPS) is 10.9. The first-order chi connectivity index (χ1) is 14.1. The van der Waals surface area contributed by atoms with E-state index in [4.69, 9.17) is 9.47 Å². The Balaban J connectivity index is 1.53. The molecule has 29 heavy (non-hydrogen) atoms. The molecule has 4 aromatic rings. The molecule has 0 bridgehead atoms. The van der Waals surface area contributed by atoms with Gasteiger partial charge in [-0.1, -0.05) is 0 Å². The number of aromatic nitrogens is 2. The van der Waals surface area contributed by atoms with Crippen LogP contribution in [0.3, 0.4) is 0 Å². The van der Waals surface area contributed by atoms with E-state index in [0.717, 1.165) is 21.9 Å². The Hall–Kier alpha value is -3.39. The number of nitrogens with one attached hydrogen (secondary N) is 1. The molecular formula is C21H18FN3O3S. The third-order valence-electron chi connectivity index (χ3n) is 4.40. The van der Waals surface area contributed by atoms with Crippen molar-refractivity contribution in [3.05, 3.63) is 65.6 Å². The van der Waals surface area contributed by atoms with Gasteiger partial charge in [-0.25, -0.2) is 9.37 Å². The first kappa shape index (κ1) is 18.9. The molecule has 8 heteroatoms. The Morgan fingerprint density at radius 2 is 1.83 bits per heavy atom. The molecule has 148 valence electrons. The number of thiazole rings is 1. The van der Waals surface area contributed by atoms with Gasteiger partial charge in [0.25, 0.3) is 0 Å². The van der Waals surface area contributed by atoms with E-state index in [0.29, 0.717) is 17.2 Å². The van der Waals surface area contributed by atoms with E-state index in [1.165, 1.54) is 23.5 Å². The zero-order valence-corrected chi connectivity index (χ0v) is 16.6. The van der Waals surface area contributed by atoms with Crippen LogP contribution in [0.4, 0.5) is 10.1 Å². The summed E-state index contributed by atoms with van der Waals surface area (Å²) < 4.78 is 25.5. The Morgan fingerprint density at radius 1 is 1.14 bits per heavy atom. The van der Waals surface area contributed by atoms with Gasteiger partial charge in [0.2, 0.25) is 5.91 Å². The molecule has 0 saturated carbocycles. The lowest BCUT2D eigenvalue weighted by Gasteiger charge is -2.09. The average Bonchev–Trinajstić information content (AvgIpc) is 3.30. The summed E-state index contributed by atoms with van der Waals surface area (Å²) in [7, 11) is 3.11. The number of fused-ring (bicyclic) bond motifs is 1. The van der Waals surface area contributed by atoms with Crippen LogP contribution in [0.25, 0.3) is 16.2 Å². The highest BCUT2D eigenvalue weighted by atomic mass is 32.1. The first-order valence-electron chi connectivity index (χ1n) is 8.80. The highest BCUT2D eigenvalue weighted by Gasteiger charge is 2.13. The highest BCUT2D eigenvalue weighted by molar-refractivity contribution is 7.15. The maximum absolute atomic E-state index is 13.1. The lowest BCUT2D eigenvalue weighted by Crippen LogP contribution is -2.15. The number of halogens is 1. The third kappa shape index (κ3) is 4.07. The van der Waals surface area contributed by atoms with Crippen molar-refractivity contribution in [2.45, 2.75) is 6.42 Å². The molecule has 0 aliphatic rings. The standard InChI is InChI=1S/C21H18FN3O3S/c1-27-17-7-15(8-18(10-17)28-2)23-20(26)9-16-12-29-21-24-19(11-25(16)21)13-3-5-14(22)6-4-13/h3-8,10-12H,9H2,1-2H3,(H,23,26). The number of benzene rings is 2. The molecule has 0 aliphatic heterocycles. The molecule has 0 fully saturated rings. The number of ether oxygens (including phenoxy) is 2. The number of amides is 1. The van der Waals surface area contributed by atoms with E-state index >= 15 is 0 Å². The minimum Gasteiger partial charge on any atom is -0.497 e. The topological polar surface area (TPSA) is 64.9 Å². The Labute approximate surface area is 170 Å². The number of nitrogens with zero attached hydrogens (tertiary/aromatic N) is 2. The molecule has 0 unspecified atom stereocenters. The quantitative estimate of drug-likeness (QED) is 0.511. The lowest BCUT2D eigenvalue weighted by atomic mass is 10.2. The van der Waals surface area contributed by atoms with Gasteiger partial charge in [-0.15, -0.1) is 11.3 Å². The summed E-state index contributed by atoms with van der Waals surface area (Å²) in [6.07, 6.45) is 2.04. The van der Waals surface area contributed by atoms with Crippen LogP contribution < -0.4 is 14.8 Å². The van der Waals surface area contributed by atoms with E-state index in [-0.39, 0.29) is 18.1 Å². The minimum absolute atomic E-state index is 0.169. The van der Waals surface area contributed by atoms with Gasteiger partial charge < -0.3 is 14.8 Å². The number of hydrogen-bond acceptors (Lipinski definition) is 5. The van der Waals surface area contributed by atoms with Gasteiger partial charge in [0, 0.05) is 46.7 Å². The van der Waals surface area contributed by atoms with Crippen LogP contribution >= 0.6 is 11.3 Å². The smallest absolute Gasteiger partial charge is 0.230 e. The number of carbonyl (C=O) groups excluding carboxylic acids is 1.